The van der Waals surface area contributed by atoms with Crippen LogP contribution in [0, 0.1) is 11.3 Å². The zero-order valence-corrected chi connectivity index (χ0v) is 23.3. The van der Waals surface area contributed by atoms with Gasteiger partial charge in [-0.3, -0.25) is 9.69 Å². The number of morpholine rings is 1. The Morgan fingerprint density at radius 3 is 2.70 bits per heavy atom. The average molecular weight is 552 g/mol. The van der Waals surface area contributed by atoms with Crippen molar-refractivity contribution in [3.63, 3.8) is 0 Å². The third-order valence-electron chi connectivity index (χ3n) is 7.85. The molecule has 2 amide bonds. The Balaban J connectivity index is 1.39. The Morgan fingerprint density at radius 2 is 2.00 bits per heavy atom. The van der Waals surface area contributed by atoms with Gasteiger partial charge in [0.1, 0.15) is 23.8 Å². The number of fused-ring (bicyclic) bond motifs is 1. The number of amides is 2. The first-order chi connectivity index (χ1) is 19.0. The summed E-state index contributed by atoms with van der Waals surface area (Å²) >= 11 is 0. The van der Waals surface area contributed by atoms with Gasteiger partial charge in [-0.25, -0.2) is 4.79 Å². The fraction of sp³-hybridized carbons (Fsp3) is 0.536. The maximum absolute atomic E-state index is 13.5. The maximum atomic E-state index is 13.5. The molecular weight excluding hydrogens is 515 g/mol. The number of furan rings is 1. The Hall–Kier alpha value is -3.37. The highest BCUT2D eigenvalue weighted by molar-refractivity contribution is 6.43. The van der Waals surface area contributed by atoms with Crippen LogP contribution in [0.4, 0.5) is 4.79 Å². The number of para-hydroxylation sites is 1. The molecule has 0 bridgehead atoms. The summed E-state index contributed by atoms with van der Waals surface area (Å²) in [4.78, 5) is 30.0. The van der Waals surface area contributed by atoms with E-state index in [1.54, 1.807) is 17.0 Å². The van der Waals surface area contributed by atoms with Crippen LogP contribution in [0.25, 0.3) is 11.0 Å². The average Bonchev–Trinajstić information content (AvgIpc) is 3.54. The van der Waals surface area contributed by atoms with Gasteiger partial charge in [-0.05, 0) is 57.7 Å². The van der Waals surface area contributed by atoms with E-state index in [1.807, 2.05) is 39.0 Å². The van der Waals surface area contributed by atoms with Crippen LogP contribution in [-0.2, 0) is 20.7 Å². The number of hydrogen-bond donors (Lipinski definition) is 3. The lowest BCUT2D eigenvalue weighted by Crippen LogP contribution is -2.52. The summed E-state index contributed by atoms with van der Waals surface area (Å²) in [5, 5.41) is 33.0. The molecule has 0 saturated carbocycles. The zero-order chi connectivity index (χ0) is 28.9. The molecule has 0 spiro atoms. The number of nitriles is 1. The number of rotatable bonds is 9. The number of nitrogens with one attached hydrogen (secondary N) is 1. The molecule has 1 aromatic carbocycles. The number of benzene rings is 1. The topological polar surface area (TPSA) is 148 Å². The molecule has 2 aromatic rings. The van der Waals surface area contributed by atoms with E-state index in [9.17, 15) is 24.9 Å². The van der Waals surface area contributed by atoms with E-state index in [-0.39, 0.29) is 18.6 Å². The van der Waals surface area contributed by atoms with Crippen molar-refractivity contribution in [1.82, 2.24) is 15.1 Å². The Morgan fingerprint density at radius 1 is 1.27 bits per heavy atom. The van der Waals surface area contributed by atoms with Crippen LogP contribution in [0.2, 0.25) is 0 Å². The predicted molar refractivity (Wildman–Crippen MR) is 148 cm³/mol. The summed E-state index contributed by atoms with van der Waals surface area (Å²) in [6, 6.07) is 9.41. The number of alkyl carbamates (subject to hydrolysis) is 1. The molecule has 2 aliphatic rings. The highest BCUT2D eigenvalue weighted by Gasteiger charge is 2.42. The van der Waals surface area contributed by atoms with Gasteiger partial charge in [-0.2, -0.15) is 5.26 Å². The van der Waals surface area contributed by atoms with Crippen LogP contribution in [0.5, 0.6) is 0 Å². The van der Waals surface area contributed by atoms with Crippen LogP contribution in [0.1, 0.15) is 39.2 Å². The first-order valence-electron chi connectivity index (χ1n) is 13.6. The number of likely N-dealkylation sites (tertiary alicyclic amines) is 1. The normalized spacial score (nSPS) is 21.2. The second kappa shape index (κ2) is 12.4. The maximum Gasteiger partial charge on any atom is 0.475 e. The fourth-order valence-corrected chi connectivity index (χ4v) is 5.46. The molecule has 4 rings (SSSR count). The number of carbonyl (C=O) groups excluding carboxylic acids is 2. The first kappa shape index (κ1) is 29.6. The summed E-state index contributed by atoms with van der Waals surface area (Å²) in [5.74, 6) is -1.44. The molecule has 2 aliphatic heterocycles. The minimum Gasteiger partial charge on any atom is -0.464 e. The molecule has 0 aliphatic carbocycles. The van der Waals surface area contributed by atoms with Crippen LogP contribution < -0.4 is 5.32 Å². The Bertz CT molecular complexity index is 1280. The van der Waals surface area contributed by atoms with E-state index in [1.165, 1.54) is 6.26 Å². The number of hydrogen-bond acceptors (Lipinski definition) is 9. The molecule has 3 N–H and O–H groups in total. The van der Waals surface area contributed by atoms with Crippen molar-refractivity contribution in [2.75, 3.05) is 39.5 Å². The van der Waals surface area contributed by atoms with Gasteiger partial charge < -0.3 is 34.2 Å². The van der Waals surface area contributed by atoms with Gasteiger partial charge >= 0.3 is 13.2 Å². The number of nitrogens with zero attached hydrogens (tertiary/aromatic N) is 3. The molecule has 1 aromatic heterocycles. The molecule has 12 heteroatoms. The van der Waals surface area contributed by atoms with Crippen LogP contribution >= 0.6 is 0 Å². The van der Waals surface area contributed by atoms with Gasteiger partial charge in [0.05, 0.1) is 31.0 Å². The van der Waals surface area contributed by atoms with E-state index in [2.05, 4.69) is 16.3 Å². The van der Waals surface area contributed by atoms with Crippen LogP contribution in [0.15, 0.2) is 46.6 Å². The lowest BCUT2D eigenvalue weighted by molar-refractivity contribution is -0.131. The third-order valence-corrected chi connectivity index (χ3v) is 7.85. The lowest BCUT2D eigenvalue weighted by atomic mass is 9.76. The molecule has 2 atom stereocenters. The predicted octanol–water partition coefficient (Wildman–Crippen LogP) is 2.02. The summed E-state index contributed by atoms with van der Waals surface area (Å²) in [6.07, 6.45) is 3.79. The molecule has 1 unspecified atom stereocenters. The van der Waals surface area contributed by atoms with Gasteiger partial charge in [0, 0.05) is 30.6 Å². The molecular formula is C28H37BN4O7. The fourth-order valence-electron chi connectivity index (χ4n) is 5.46. The highest BCUT2D eigenvalue weighted by atomic mass is 16.6. The summed E-state index contributed by atoms with van der Waals surface area (Å²) < 4.78 is 16.4. The largest absolute Gasteiger partial charge is 0.475 e. The standard InChI is InChI=1S/C28H37BN4O7/c1-27(2,32-11-13-38-14-12-32)16-21(17-30)25(34)33-10-6-9-28(33,3)19-40-26(35)31-24(29(36)37)15-20-18-39-23-8-5-4-7-22(20)23/h4-5,7-8,16,18,24,36-37H,6,9-15,19H2,1-3H3,(H,31,35)/t24-,28?/m0/s1. The van der Waals surface area contributed by atoms with Crippen LogP contribution in [0.3, 0.4) is 0 Å². The smallest absolute Gasteiger partial charge is 0.464 e. The van der Waals surface area contributed by atoms with Crippen molar-refractivity contribution in [1.29, 1.82) is 5.26 Å². The highest BCUT2D eigenvalue weighted by Crippen LogP contribution is 2.32. The third kappa shape index (κ3) is 6.67. The van der Waals surface area contributed by atoms with Gasteiger partial charge in [0.15, 0.2) is 0 Å². The number of carbonyl (C=O) groups is 2. The minimum atomic E-state index is -1.83. The summed E-state index contributed by atoms with van der Waals surface area (Å²) in [7, 11) is -1.83. The molecule has 2 fully saturated rings. The van der Waals surface area contributed by atoms with E-state index in [0.717, 1.165) is 5.39 Å². The molecule has 2 saturated heterocycles. The quantitative estimate of drug-likeness (QED) is 0.241. The van der Waals surface area contributed by atoms with Gasteiger partial charge in [0.2, 0.25) is 0 Å². The molecule has 3 heterocycles. The van der Waals surface area contributed by atoms with E-state index in [0.29, 0.717) is 56.8 Å². The van der Waals surface area contributed by atoms with Crippen molar-refractivity contribution in [2.24, 2.45) is 0 Å². The minimum absolute atomic E-state index is 0.0462. The van der Waals surface area contributed by atoms with Gasteiger partial charge in [-0.1, -0.05) is 18.2 Å². The first-order valence-corrected chi connectivity index (χ1v) is 13.6. The van der Waals surface area contributed by atoms with E-state index in [4.69, 9.17) is 13.9 Å². The van der Waals surface area contributed by atoms with Gasteiger partial charge in [0.25, 0.3) is 5.91 Å². The second-order valence-corrected chi connectivity index (χ2v) is 11.2. The Labute approximate surface area is 234 Å². The van der Waals surface area contributed by atoms with Crippen molar-refractivity contribution < 1.29 is 33.5 Å². The SMILES string of the molecule is CC(C)(C=C(C#N)C(=O)N1CCCC1(C)COC(=O)N[C@@H](Cc1coc2ccccc12)B(O)O)N1CCOCC1. The van der Waals surface area contributed by atoms with Gasteiger partial charge in [-0.15, -0.1) is 0 Å². The molecule has 0 radical (unpaired) electrons. The summed E-state index contributed by atoms with van der Waals surface area (Å²) in [5.41, 5.74) is 0.0810. The second-order valence-electron chi connectivity index (χ2n) is 11.2. The zero-order valence-electron chi connectivity index (χ0n) is 23.3. The molecule has 40 heavy (non-hydrogen) atoms. The monoisotopic (exact) mass is 552 g/mol. The lowest BCUT2D eigenvalue weighted by Gasteiger charge is -2.39. The Kier molecular flexibility index (Phi) is 9.20. The molecule has 214 valence electrons. The van der Waals surface area contributed by atoms with Crippen LogP contribution in [-0.4, -0.2) is 95.4 Å². The summed E-state index contributed by atoms with van der Waals surface area (Å²) in [6.45, 7) is 8.70. The van der Waals surface area contributed by atoms with Crippen molar-refractivity contribution in [3.05, 3.63) is 47.7 Å². The van der Waals surface area contributed by atoms with Crippen molar-refractivity contribution in [2.45, 2.75) is 57.1 Å². The number of ether oxygens (including phenoxy) is 2. The van der Waals surface area contributed by atoms with Crippen molar-refractivity contribution in [3.8, 4) is 6.07 Å². The van der Waals surface area contributed by atoms with E-state index < -0.39 is 36.1 Å². The molecule has 11 nitrogen and oxygen atoms in total. The van der Waals surface area contributed by atoms with Crippen molar-refractivity contribution >= 4 is 30.1 Å². The van der Waals surface area contributed by atoms with E-state index >= 15 is 0 Å².